The van der Waals surface area contributed by atoms with Gasteiger partial charge in [-0.2, -0.15) is 4.98 Å². The fourth-order valence-corrected chi connectivity index (χ4v) is 1.16. The zero-order valence-electron chi connectivity index (χ0n) is 10.00. The molecule has 1 unspecified atom stereocenters. The van der Waals surface area contributed by atoms with Gasteiger partial charge in [-0.3, -0.25) is 4.79 Å². The molecule has 0 aliphatic heterocycles. The summed E-state index contributed by atoms with van der Waals surface area (Å²) in [4.78, 5) is 15.7. The Morgan fingerprint density at radius 3 is 2.47 bits per heavy atom. The van der Waals surface area contributed by atoms with Crippen molar-refractivity contribution in [3.63, 3.8) is 0 Å². The van der Waals surface area contributed by atoms with Crippen LogP contribution in [0.2, 0.25) is 0 Å². The van der Waals surface area contributed by atoms with Crippen LogP contribution in [0.1, 0.15) is 58.7 Å². The predicted octanol–water partition coefficient (Wildman–Crippen LogP) is 2.45. The van der Waals surface area contributed by atoms with Gasteiger partial charge < -0.3 is 4.52 Å². The highest BCUT2D eigenvalue weighted by Crippen LogP contribution is 2.22. The molecule has 0 radical (unpaired) electrons. The normalized spacial score (nSPS) is 13.9. The first kappa shape index (κ1) is 11.9. The fourth-order valence-electron chi connectivity index (χ4n) is 1.16. The molecule has 15 heavy (non-hydrogen) atoms. The second kappa shape index (κ2) is 4.13. The minimum absolute atomic E-state index is 0.124. The number of hydrogen-bond donors (Lipinski definition) is 0. The first-order valence-electron chi connectivity index (χ1n) is 5.23. The molecule has 1 aromatic rings. The number of Topliss-reactive ketones (excluding diaryl/α,β-unsaturated/α-hetero) is 1. The van der Waals surface area contributed by atoms with Gasteiger partial charge >= 0.3 is 0 Å². The summed E-state index contributed by atoms with van der Waals surface area (Å²) < 4.78 is 5.09. The van der Waals surface area contributed by atoms with Crippen LogP contribution in [0.5, 0.6) is 0 Å². The number of nitrogens with zero attached hydrogens (tertiary/aromatic N) is 2. The number of ketones is 1. The molecule has 1 aromatic heterocycles. The summed E-state index contributed by atoms with van der Waals surface area (Å²) in [5.41, 5.74) is -0.142. The predicted molar refractivity (Wildman–Crippen MR) is 56.7 cm³/mol. The average Bonchev–Trinajstić information content (AvgIpc) is 2.63. The molecule has 1 heterocycles. The Morgan fingerprint density at radius 1 is 1.47 bits per heavy atom. The maximum Gasteiger partial charge on any atom is 0.236 e. The Bertz CT molecular complexity index is 350. The van der Waals surface area contributed by atoms with Crippen LogP contribution in [0.4, 0.5) is 0 Å². The standard InChI is InChI=1S/C11H18N2O2/c1-6-8(14)7(2)9-12-10(13-15-9)11(3,4)5/h7H,6H2,1-5H3. The van der Waals surface area contributed by atoms with E-state index in [9.17, 15) is 4.79 Å². The van der Waals surface area contributed by atoms with Crippen LogP contribution in [0.15, 0.2) is 4.52 Å². The maximum atomic E-state index is 11.4. The summed E-state index contributed by atoms with van der Waals surface area (Å²) in [6.45, 7) is 9.65. The van der Waals surface area contributed by atoms with E-state index in [2.05, 4.69) is 10.1 Å². The van der Waals surface area contributed by atoms with Crippen molar-refractivity contribution in [3.05, 3.63) is 11.7 Å². The van der Waals surface area contributed by atoms with Gasteiger partial charge in [0.1, 0.15) is 5.78 Å². The van der Waals surface area contributed by atoms with E-state index < -0.39 is 0 Å². The van der Waals surface area contributed by atoms with Gasteiger partial charge in [-0.25, -0.2) is 0 Å². The van der Waals surface area contributed by atoms with Gasteiger partial charge in [-0.1, -0.05) is 32.9 Å². The van der Waals surface area contributed by atoms with Crippen molar-refractivity contribution < 1.29 is 9.32 Å². The third-order valence-electron chi connectivity index (χ3n) is 2.31. The molecule has 0 bridgehead atoms. The molecule has 1 atom stereocenters. The lowest BCUT2D eigenvalue weighted by Gasteiger charge is -2.11. The Balaban J connectivity index is 2.89. The molecular weight excluding hydrogens is 192 g/mol. The Morgan fingerprint density at radius 2 is 2.07 bits per heavy atom. The zero-order chi connectivity index (χ0) is 11.6. The van der Waals surface area contributed by atoms with Crippen LogP contribution in [0.3, 0.4) is 0 Å². The van der Waals surface area contributed by atoms with Crippen molar-refractivity contribution >= 4 is 5.78 Å². The van der Waals surface area contributed by atoms with Crippen molar-refractivity contribution in [3.8, 4) is 0 Å². The average molecular weight is 210 g/mol. The van der Waals surface area contributed by atoms with Crippen LogP contribution in [-0.2, 0) is 10.2 Å². The van der Waals surface area contributed by atoms with E-state index in [1.54, 1.807) is 6.92 Å². The number of aromatic nitrogens is 2. The van der Waals surface area contributed by atoms with Crippen LogP contribution in [0.25, 0.3) is 0 Å². The topological polar surface area (TPSA) is 56.0 Å². The number of carbonyl (C=O) groups excluding carboxylic acids is 1. The molecule has 84 valence electrons. The van der Waals surface area contributed by atoms with E-state index in [1.165, 1.54) is 0 Å². The van der Waals surface area contributed by atoms with E-state index in [0.717, 1.165) is 0 Å². The quantitative estimate of drug-likeness (QED) is 0.769. The van der Waals surface area contributed by atoms with Gasteiger partial charge in [0, 0.05) is 11.8 Å². The Kier molecular flexibility index (Phi) is 3.27. The molecular formula is C11H18N2O2. The summed E-state index contributed by atoms with van der Waals surface area (Å²) in [6.07, 6.45) is 0.494. The number of carbonyl (C=O) groups is 1. The van der Waals surface area contributed by atoms with Crippen LogP contribution in [-0.4, -0.2) is 15.9 Å². The van der Waals surface area contributed by atoms with Crippen molar-refractivity contribution in [1.82, 2.24) is 10.1 Å². The van der Waals surface area contributed by atoms with Crippen molar-refractivity contribution in [1.29, 1.82) is 0 Å². The zero-order valence-corrected chi connectivity index (χ0v) is 10.00. The second-order valence-electron chi connectivity index (χ2n) is 4.75. The van der Waals surface area contributed by atoms with E-state index in [-0.39, 0.29) is 17.1 Å². The minimum Gasteiger partial charge on any atom is -0.339 e. The maximum absolute atomic E-state index is 11.4. The molecule has 0 amide bonds. The van der Waals surface area contributed by atoms with Crippen molar-refractivity contribution in [2.45, 2.75) is 52.4 Å². The molecule has 0 aliphatic rings. The molecule has 0 fully saturated rings. The monoisotopic (exact) mass is 210 g/mol. The molecule has 0 aromatic carbocycles. The van der Waals surface area contributed by atoms with Gasteiger partial charge in [0.15, 0.2) is 5.82 Å². The van der Waals surface area contributed by atoms with Gasteiger partial charge in [0.05, 0.1) is 5.92 Å². The summed E-state index contributed by atoms with van der Waals surface area (Å²) in [7, 11) is 0. The second-order valence-corrected chi connectivity index (χ2v) is 4.75. The van der Waals surface area contributed by atoms with Gasteiger partial charge in [0.25, 0.3) is 0 Å². The summed E-state index contributed by atoms with van der Waals surface area (Å²) in [6, 6.07) is 0. The third-order valence-corrected chi connectivity index (χ3v) is 2.31. The third kappa shape index (κ3) is 2.64. The molecule has 0 saturated carbocycles. The molecule has 0 N–H and O–H groups in total. The molecule has 0 spiro atoms. The van der Waals surface area contributed by atoms with Crippen molar-refractivity contribution in [2.75, 3.05) is 0 Å². The summed E-state index contributed by atoms with van der Waals surface area (Å²) >= 11 is 0. The first-order chi connectivity index (χ1) is 6.86. The highest BCUT2D eigenvalue weighted by molar-refractivity contribution is 5.83. The van der Waals surface area contributed by atoms with Crippen molar-refractivity contribution in [2.24, 2.45) is 0 Å². The van der Waals surface area contributed by atoms with Gasteiger partial charge in [0.2, 0.25) is 5.89 Å². The Hall–Kier alpha value is -1.19. The Labute approximate surface area is 90.1 Å². The van der Waals surface area contributed by atoms with Crippen LogP contribution in [0, 0.1) is 0 Å². The molecule has 4 heteroatoms. The summed E-state index contributed by atoms with van der Waals surface area (Å²) in [5, 5.41) is 3.89. The smallest absolute Gasteiger partial charge is 0.236 e. The van der Waals surface area contributed by atoms with Crippen LogP contribution >= 0.6 is 0 Å². The van der Waals surface area contributed by atoms with Gasteiger partial charge in [-0.05, 0) is 6.92 Å². The number of hydrogen-bond acceptors (Lipinski definition) is 4. The molecule has 1 rings (SSSR count). The minimum atomic E-state index is -0.293. The highest BCUT2D eigenvalue weighted by atomic mass is 16.5. The lowest BCUT2D eigenvalue weighted by atomic mass is 9.96. The lowest BCUT2D eigenvalue weighted by Crippen LogP contribution is -2.14. The van der Waals surface area contributed by atoms with E-state index >= 15 is 0 Å². The first-order valence-corrected chi connectivity index (χ1v) is 5.23. The number of rotatable bonds is 3. The van der Waals surface area contributed by atoms with E-state index in [4.69, 9.17) is 4.52 Å². The molecule has 0 saturated heterocycles. The highest BCUT2D eigenvalue weighted by Gasteiger charge is 2.25. The van der Waals surface area contributed by atoms with Crippen LogP contribution < -0.4 is 0 Å². The fraction of sp³-hybridized carbons (Fsp3) is 0.727. The van der Waals surface area contributed by atoms with E-state index in [0.29, 0.717) is 18.1 Å². The molecule has 0 aliphatic carbocycles. The largest absolute Gasteiger partial charge is 0.339 e. The molecule has 4 nitrogen and oxygen atoms in total. The lowest BCUT2D eigenvalue weighted by molar-refractivity contribution is -0.120. The summed E-state index contributed by atoms with van der Waals surface area (Å²) in [5.74, 6) is 0.901. The van der Waals surface area contributed by atoms with E-state index in [1.807, 2.05) is 27.7 Å². The van der Waals surface area contributed by atoms with Gasteiger partial charge in [-0.15, -0.1) is 0 Å². The SMILES string of the molecule is CCC(=O)C(C)c1nc(C(C)(C)C)no1.